The minimum Gasteiger partial charge on any atom is -0.465 e. The van der Waals surface area contributed by atoms with Gasteiger partial charge in [-0.3, -0.25) is 14.5 Å². The van der Waals surface area contributed by atoms with Crippen molar-refractivity contribution in [3.8, 4) is 0 Å². The van der Waals surface area contributed by atoms with Crippen molar-refractivity contribution in [1.82, 2.24) is 19.0 Å². The molecule has 0 aliphatic carbocycles. The zero-order valence-corrected chi connectivity index (χ0v) is 27.0. The largest absolute Gasteiger partial charge is 0.465 e. The van der Waals surface area contributed by atoms with Crippen LogP contribution in [0.15, 0.2) is 71.6 Å². The van der Waals surface area contributed by atoms with Gasteiger partial charge in [0.2, 0.25) is 21.8 Å². The van der Waals surface area contributed by atoms with E-state index in [1.54, 1.807) is 44.2 Å². The molecule has 10 nitrogen and oxygen atoms in total. The van der Waals surface area contributed by atoms with E-state index in [1.807, 2.05) is 0 Å². The molecule has 0 radical (unpaired) electrons. The fraction of sp³-hybridized carbons (Fsp3) is 0.323. The summed E-state index contributed by atoms with van der Waals surface area (Å²) in [6.07, 6.45) is -3.08. The molecule has 2 fully saturated rings. The van der Waals surface area contributed by atoms with Crippen molar-refractivity contribution in [2.75, 3.05) is 13.1 Å². The van der Waals surface area contributed by atoms with Gasteiger partial charge in [-0.1, -0.05) is 59.6 Å². The summed E-state index contributed by atoms with van der Waals surface area (Å²) in [4.78, 5) is 44.0. The molecule has 2 saturated heterocycles. The molecule has 0 spiro atoms. The summed E-state index contributed by atoms with van der Waals surface area (Å²) in [6, 6.07) is 11.9. The Labute approximate surface area is 274 Å². The highest BCUT2D eigenvalue weighted by Gasteiger charge is 2.55. The van der Waals surface area contributed by atoms with Gasteiger partial charge in [-0.15, -0.1) is 0 Å². The van der Waals surface area contributed by atoms with E-state index in [-0.39, 0.29) is 40.0 Å². The number of hydrogen-bond donors (Lipinski definition) is 1. The molecule has 2 aliphatic heterocycles. The highest BCUT2D eigenvalue weighted by Crippen LogP contribution is 2.36. The lowest BCUT2D eigenvalue weighted by atomic mass is 9.96. The van der Waals surface area contributed by atoms with E-state index in [0.29, 0.717) is 5.56 Å². The van der Waals surface area contributed by atoms with E-state index in [0.717, 1.165) is 26.2 Å². The first kappa shape index (κ1) is 33.6. The quantitative estimate of drug-likeness (QED) is 0.361. The highest BCUT2D eigenvalue weighted by atomic mass is 35.5. The minimum atomic E-state index is -4.56. The Hall–Kier alpha value is -3.78. The van der Waals surface area contributed by atoms with Crippen LogP contribution in [0.4, 0.5) is 13.6 Å². The third kappa shape index (κ3) is 6.41. The molecule has 46 heavy (non-hydrogen) atoms. The molecule has 0 bridgehead atoms. The fourth-order valence-corrected chi connectivity index (χ4v) is 8.20. The van der Waals surface area contributed by atoms with Crippen LogP contribution in [0.5, 0.6) is 0 Å². The van der Waals surface area contributed by atoms with Crippen LogP contribution in [-0.2, 0) is 32.6 Å². The molecule has 3 aromatic carbocycles. The van der Waals surface area contributed by atoms with Gasteiger partial charge in [0.1, 0.15) is 23.1 Å². The van der Waals surface area contributed by atoms with Gasteiger partial charge in [-0.25, -0.2) is 22.0 Å². The van der Waals surface area contributed by atoms with Crippen molar-refractivity contribution in [3.63, 3.8) is 0 Å². The Bertz CT molecular complexity index is 1780. The van der Waals surface area contributed by atoms with Crippen LogP contribution in [0.25, 0.3) is 0 Å². The fourth-order valence-electron chi connectivity index (χ4n) is 5.88. The molecule has 3 unspecified atom stereocenters. The number of sulfonamides is 1. The third-order valence-electron chi connectivity index (χ3n) is 8.14. The van der Waals surface area contributed by atoms with Crippen LogP contribution in [0.2, 0.25) is 10.0 Å². The summed E-state index contributed by atoms with van der Waals surface area (Å²) >= 11 is 12.4. The van der Waals surface area contributed by atoms with E-state index < -0.39 is 70.4 Å². The van der Waals surface area contributed by atoms with Gasteiger partial charge >= 0.3 is 6.09 Å². The molecule has 5 rings (SSSR count). The first-order valence-electron chi connectivity index (χ1n) is 14.3. The smallest absolute Gasteiger partial charge is 0.408 e. The van der Waals surface area contributed by atoms with Gasteiger partial charge in [-0.05, 0) is 55.3 Å². The zero-order chi connectivity index (χ0) is 33.5. The molecule has 3 atom stereocenters. The molecule has 0 saturated carbocycles. The molecule has 2 heterocycles. The summed E-state index contributed by atoms with van der Waals surface area (Å²) in [7, 11) is -4.56. The first-order valence-corrected chi connectivity index (χ1v) is 16.5. The van der Waals surface area contributed by atoms with Crippen LogP contribution in [0.1, 0.15) is 25.0 Å². The van der Waals surface area contributed by atoms with E-state index in [2.05, 4.69) is 0 Å². The summed E-state index contributed by atoms with van der Waals surface area (Å²) in [5.74, 6) is -3.63. The average Bonchev–Trinajstić information content (AvgIpc) is 2.99. The van der Waals surface area contributed by atoms with Gasteiger partial charge in [0.15, 0.2) is 11.6 Å². The van der Waals surface area contributed by atoms with Crippen LogP contribution in [0.3, 0.4) is 0 Å². The van der Waals surface area contributed by atoms with Crippen molar-refractivity contribution < 1.29 is 36.7 Å². The van der Waals surface area contributed by atoms with Crippen LogP contribution < -0.4 is 0 Å². The summed E-state index contributed by atoms with van der Waals surface area (Å²) in [5.41, 5.74) is 0.708. The Morgan fingerprint density at radius 2 is 1.65 bits per heavy atom. The third-order valence-corrected chi connectivity index (χ3v) is 10.7. The number of nitrogens with zero attached hydrogens (tertiary/aromatic N) is 4. The number of rotatable bonds is 8. The van der Waals surface area contributed by atoms with E-state index >= 15 is 0 Å². The lowest BCUT2D eigenvalue weighted by molar-refractivity contribution is -0.171. The highest BCUT2D eigenvalue weighted by molar-refractivity contribution is 7.89. The molecule has 3 amide bonds. The second kappa shape index (κ2) is 13.1. The molecule has 2 aliphatic rings. The molecule has 244 valence electrons. The number of carbonyl (C=O) groups excluding carboxylic acids is 2. The Morgan fingerprint density at radius 1 is 0.957 bits per heavy atom. The number of piperazine rings is 1. The SMILES string of the molecule is CC(C)N1CC2N(C(=O)C(N(Cc3ccccc3)C(=O)O)CN2S(=O)(=O)c2ccc(Cl)cc2Cl)C(Cc2ccc(F)c(F)c2)C1=O. The molecule has 15 heteroatoms. The average molecular weight is 696 g/mol. The second-order valence-electron chi connectivity index (χ2n) is 11.3. The monoisotopic (exact) mass is 694 g/mol. The van der Waals surface area contributed by atoms with Crippen molar-refractivity contribution in [2.45, 2.75) is 56.0 Å². The lowest BCUT2D eigenvalue weighted by Gasteiger charge is -2.55. The van der Waals surface area contributed by atoms with E-state index in [4.69, 9.17) is 23.2 Å². The van der Waals surface area contributed by atoms with Crippen molar-refractivity contribution in [3.05, 3.63) is 99.5 Å². The van der Waals surface area contributed by atoms with Gasteiger partial charge in [0.05, 0.1) is 11.6 Å². The number of carbonyl (C=O) groups is 3. The molecule has 1 N–H and O–H groups in total. The number of amides is 3. The topological polar surface area (TPSA) is 119 Å². The standard InChI is InChI=1S/C31H30Cl2F2N4O6S/c1-18(2)36-17-28-38(46(44,45)27-11-9-21(32)14-22(27)33)16-26(37(31(42)43)15-19-6-4-3-5-7-19)30(41)39(28)25(29(36)40)13-20-8-10-23(34)24(35)12-20/h3-12,14,18,25-26,28H,13,15-17H2,1-2H3,(H,42,43). The summed E-state index contributed by atoms with van der Waals surface area (Å²) < 4.78 is 57.8. The van der Waals surface area contributed by atoms with Gasteiger partial charge in [0.25, 0.3) is 0 Å². The van der Waals surface area contributed by atoms with Crippen LogP contribution in [0, 0.1) is 11.6 Å². The number of carboxylic acid groups (broad SMARTS) is 1. The predicted molar refractivity (Wildman–Crippen MR) is 165 cm³/mol. The zero-order valence-electron chi connectivity index (χ0n) is 24.7. The normalized spacial score (nSPS) is 20.6. The van der Waals surface area contributed by atoms with Crippen molar-refractivity contribution >= 4 is 51.1 Å². The number of hydrogen-bond acceptors (Lipinski definition) is 5. The maximum atomic E-state index is 14.4. The molecular formula is C31H30Cl2F2N4O6S. The molecular weight excluding hydrogens is 665 g/mol. The second-order valence-corrected chi connectivity index (χ2v) is 14.0. The van der Waals surface area contributed by atoms with Crippen LogP contribution >= 0.6 is 23.2 Å². The number of halogens is 4. The Morgan fingerprint density at radius 3 is 2.26 bits per heavy atom. The number of benzene rings is 3. The summed E-state index contributed by atoms with van der Waals surface area (Å²) in [5, 5.41) is 10.3. The minimum absolute atomic E-state index is 0.172. The van der Waals surface area contributed by atoms with Crippen molar-refractivity contribution in [2.24, 2.45) is 0 Å². The lowest BCUT2D eigenvalue weighted by Crippen LogP contribution is -2.76. The Kier molecular flexibility index (Phi) is 9.60. The predicted octanol–water partition coefficient (Wildman–Crippen LogP) is 4.84. The van der Waals surface area contributed by atoms with Gasteiger partial charge in [0, 0.05) is 30.6 Å². The molecule has 0 aromatic heterocycles. The van der Waals surface area contributed by atoms with Crippen LogP contribution in [-0.4, -0.2) is 87.8 Å². The van der Waals surface area contributed by atoms with Gasteiger partial charge < -0.3 is 14.9 Å². The van der Waals surface area contributed by atoms with E-state index in [1.165, 1.54) is 29.2 Å². The molecule has 3 aromatic rings. The van der Waals surface area contributed by atoms with Gasteiger partial charge in [-0.2, -0.15) is 4.31 Å². The summed E-state index contributed by atoms with van der Waals surface area (Å²) in [6.45, 7) is 2.35. The maximum Gasteiger partial charge on any atom is 0.408 e. The Balaban J connectivity index is 1.67. The van der Waals surface area contributed by atoms with E-state index in [9.17, 15) is 36.7 Å². The van der Waals surface area contributed by atoms with Crippen molar-refractivity contribution in [1.29, 1.82) is 0 Å². The maximum absolute atomic E-state index is 14.4. The number of fused-ring (bicyclic) bond motifs is 1. The first-order chi connectivity index (χ1) is 21.7.